The first-order valence-corrected chi connectivity index (χ1v) is 7.81. The monoisotopic (exact) mass is 291 g/mol. The molecule has 1 fully saturated rings. The van der Waals surface area contributed by atoms with Gasteiger partial charge in [0.15, 0.2) is 0 Å². The van der Waals surface area contributed by atoms with E-state index >= 15 is 0 Å². The summed E-state index contributed by atoms with van der Waals surface area (Å²) in [5.41, 5.74) is 0.930. The van der Waals surface area contributed by atoms with E-state index in [0.29, 0.717) is 12.6 Å². The van der Waals surface area contributed by atoms with Crippen LogP contribution in [0.25, 0.3) is 0 Å². The van der Waals surface area contributed by atoms with Gasteiger partial charge in [-0.2, -0.15) is 0 Å². The molecule has 1 aromatic rings. The molecule has 0 radical (unpaired) electrons. The summed E-state index contributed by atoms with van der Waals surface area (Å²) in [7, 11) is 1.64. The van der Waals surface area contributed by atoms with Gasteiger partial charge in [-0.25, -0.2) is 4.79 Å². The minimum absolute atomic E-state index is 0.201. The lowest BCUT2D eigenvalue weighted by atomic mass is 9.94. The summed E-state index contributed by atoms with van der Waals surface area (Å²) in [6.45, 7) is 2.24. The van der Waals surface area contributed by atoms with Crippen LogP contribution in [0.4, 0.5) is 0 Å². The predicted molar refractivity (Wildman–Crippen MR) is 82.4 cm³/mol. The van der Waals surface area contributed by atoms with Crippen LogP contribution < -0.4 is 10.1 Å². The van der Waals surface area contributed by atoms with Gasteiger partial charge in [-0.05, 0) is 37.5 Å². The average Bonchev–Trinajstić information content (AvgIpc) is 2.54. The van der Waals surface area contributed by atoms with Crippen LogP contribution in [-0.4, -0.2) is 25.7 Å². The molecule has 0 aliphatic heterocycles. The minimum Gasteiger partial charge on any atom is -0.497 e. The molecule has 0 spiro atoms. The van der Waals surface area contributed by atoms with Gasteiger partial charge in [-0.15, -0.1) is 0 Å². The van der Waals surface area contributed by atoms with Crippen molar-refractivity contribution >= 4 is 5.97 Å². The first-order chi connectivity index (χ1) is 10.2. The SMILES string of the molecule is CCOC(=O)C(NC1CCCCC1)c1ccc(OC)cc1. The van der Waals surface area contributed by atoms with Gasteiger partial charge in [0.25, 0.3) is 0 Å². The Kier molecular flexibility index (Phi) is 6.05. The molecule has 1 aromatic carbocycles. The Hall–Kier alpha value is -1.55. The smallest absolute Gasteiger partial charge is 0.327 e. The highest BCUT2D eigenvalue weighted by atomic mass is 16.5. The van der Waals surface area contributed by atoms with Crippen molar-refractivity contribution in [1.29, 1.82) is 0 Å². The van der Waals surface area contributed by atoms with E-state index in [4.69, 9.17) is 9.47 Å². The molecule has 21 heavy (non-hydrogen) atoms. The normalized spacial score (nSPS) is 17.2. The van der Waals surface area contributed by atoms with Gasteiger partial charge in [0.2, 0.25) is 0 Å². The number of esters is 1. The minimum atomic E-state index is -0.390. The molecule has 0 aromatic heterocycles. The lowest BCUT2D eigenvalue weighted by Gasteiger charge is -2.27. The van der Waals surface area contributed by atoms with Crippen LogP contribution in [0.5, 0.6) is 5.75 Å². The molecule has 2 rings (SSSR count). The molecule has 1 atom stereocenters. The number of benzene rings is 1. The number of carbonyl (C=O) groups is 1. The molecule has 0 amide bonds. The molecule has 1 saturated carbocycles. The number of ether oxygens (including phenoxy) is 2. The molecule has 1 unspecified atom stereocenters. The summed E-state index contributed by atoms with van der Waals surface area (Å²) in [5, 5.41) is 3.48. The summed E-state index contributed by atoms with van der Waals surface area (Å²) < 4.78 is 10.4. The van der Waals surface area contributed by atoms with Crippen LogP contribution in [0.2, 0.25) is 0 Å². The maximum atomic E-state index is 12.3. The van der Waals surface area contributed by atoms with Crippen LogP contribution in [0, 0.1) is 0 Å². The average molecular weight is 291 g/mol. The fourth-order valence-electron chi connectivity index (χ4n) is 2.83. The fourth-order valence-corrected chi connectivity index (χ4v) is 2.83. The number of rotatable bonds is 6. The Bertz CT molecular complexity index is 438. The van der Waals surface area contributed by atoms with Gasteiger partial charge in [0.05, 0.1) is 13.7 Å². The first-order valence-electron chi connectivity index (χ1n) is 7.81. The lowest BCUT2D eigenvalue weighted by Crippen LogP contribution is -2.39. The first kappa shape index (κ1) is 15.8. The molecule has 1 aliphatic rings. The van der Waals surface area contributed by atoms with Crippen molar-refractivity contribution in [1.82, 2.24) is 5.32 Å². The van der Waals surface area contributed by atoms with Gasteiger partial charge in [-0.3, -0.25) is 5.32 Å². The molecule has 4 heteroatoms. The van der Waals surface area contributed by atoms with Crippen LogP contribution in [0.15, 0.2) is 24.3 Å². The second-order valence-electron chi connectivity index (χ2n) is 5.46. The highest BCUT2D eigenvalue weighted by Gasteiger charge is 2.26. The largest absolute Gasteiger partial charge is 0.497 e. The van der Waals surface area contributed by atoms with E-state index in [9.17, 15) is 4.79 Å². The number of carbonyl (C=O) groups excluding carboxylic acids is 1. The van der Waals surface area contributed by atoms with Crippen molar-refractivity contribution in [2.24, 2.45) is 0 Å². The summed E-state index contributed by atoms with van der Waals surface area (Å²) >= 11 is 0. The van der Waals surface area contributed by atoms with Crippen molar-refractivity contribution < 1.29 is 14.3 Å². The third-order valence-electron chi connectivity index (χ3n) is 3.98. The van der Waals surface area contributed by atoms with Crippen LogP contribution in [0.3, 0.4) is 0 Å². The number of hydrogen-bond donors (Lipinski definition) is 1. The van der Waals surface area contributed by atoms with Crippen molar-refractivity contribution in [3.63, 3.8) is 0 Å². The van der Waals surface area contributed by atoms with Crippen LogP contribution in [-0.2, 0) is 9.53 Å². The van der Waals surface area contributed by atoms with Crippen LogP contribution >= 0.6 is 0 Å². The van der Waals surface area contributed by atoms with Crippen molar-refractivity contribution in [2.45, 2.75) is 51.1 Å². The molecular weight excluding hydrogens is 266 g/mol. The molecule has 1 N–H and O–H groups in total. The van der Waals surface area contributed by atoms with Crippen LogP contribution in [0.1, 0.15) is 50.6 Å². The Labute approximate surface area is 126 Å². The second-order valence-corrected chi connectivity index (χ2v) is 5.46. The van der Waals surface area contributed by atoms with E-state index in [0.717, 1.165) is 24.2 Å². The zero-order chi connectivity index (χ0) is 15.1. The lowest BCUT2D eigenvalue weighted by molar-refractivity contribution is -0.146. The third-order valence-corrected chi connectivity index (χ3v) is 3.98. The van der Waals surface area contributed by atoms with Crippen molar-refractivity contribution in [3.8, 4) is 5.75 Å². The van der Waals surface area contributed by atoms with Gasteiger partial charge < -0.3 is 9.47 Å². The van der Waals surface area contributed by atoms with E-state index in [1.807, 2.05) is 31.2 Å². The second kappa shape index (κ2) is 8.03. The van der Waals surface area contributed by atoms with Crippen molar-refractivity contribution in [3.05, 3.63) is 29.8 Å². The number of methoxy groups -OCH3 is 1. The van der Waals surface area contributed by atoms with E-state index in [1.165, 1.54) is 19.3 Å². The van der Waals surface area contributed by atoms with Gasteiger partial charge >= 0.3 is 5.97 Å². The molecule has 0 heterocycles. The van der Waals surface area contributed by atoms with E-state index < -0.39 is 0 Å². The zero-order valence-corrected chi connectivity index (χ0v) is 12.9. The maximum absolute atomic E-state index is 12.3. The number of hydrogen-bond acceptors (Lipinski definition) is 4. The highest BCUT2D eigenvalue weighted by molar-refractivity contribution is 5.77. The maximum Gasteiger partial charge on any atom is 0.327 e. The molecular formula is C17H25NO3. The van der Waals surface area contributed by atoms with Gasteiger partial charge in [0.1, 0.15) is 11.8 Å². The summed E-state index contributed by atoms with van der Waals surface area (Å²) in [4.78, 5) is 12.3. The molecule has 116 valence electrons. The quantitative estimate of drug-likeness (QED) is 0.818. The zero-order valence-electron chi connectivity index (χ0n) is 12.9. The Morgan fingerprint density at radius 1 is 1.24 bits per heavy atom. The van der Waals surface area contributed by atoms with E-state index in [2.05, 4.69) is 5.32 Å². The Morgan fingerprint density at radius 2 is 1.90 bits per heavy atom. The van der Waals surface area contributed by atoms with E-state index in [-0.39, 0.29) is 12.0 Å². The van der Waals surface area contributed by atoms with Gasteiger partial charge in [0, 0.05) is 6.04 Å². The molecule has 1 aliphatic carbocycles. The Balaban J connectivity index is 2.11. The number of nitrogens with one attached hydrogen (secondary N) is 1. The molecule has 4 nitrogen and oxygen atoms in total. The highest BCUT2D eigenvalue weighted by Crippen LogP contribution is 2.24. The fraction of sp³-hybridized carbons (Fsp3) is 0.588. The third kappa shape index (κ3) is 4.46. The van der Waals surface area contributed by atoms with Gasteiger partial charge in [-0.1, -0.05) is 31.4 Å². The van der Waals surface area contributed by atoms with Crippen molar-refractivity contribution in [2.75, 3.05) is 13.7 Å². The molecule has 0 bridgehead atoms. The van der Waals surface area contributed by atoms with E-state index in [1.54, 1.807) is 7.11 Å². The standard InChI is InChI=1S/C17H25NO3/c1-3-21-17(19)16(18-14-7-5-4-6-8-14)13-9-11-15(20-2)12-10-13/h9-12,14,16,18H,3-8H2,1-2H3. The summed E-state index contributed by atoms with van der Waals surface area (Å²) in [5.74, 6) is 0.590. The predicted octanol–water partition coefficient (Wildman–Crippen LogP) is 3.22. The summed E-state index contributed by atoms with van der Waals surface area (Å²) in [6.07, 6.45) is 6.02. The summed E-state index contributed by atoms with van der Waals surface area (Å²) in [6, 6.07) is 7.62. The topological polar surface area (TPSA) is 47.6 Å². The molecule has 0 saturated heterocycles. The Morgan fingerprint density at radius 3 is 2.48 bits per heavy atom.